The van der Waals surface area contributed by atoms with Crippen molar-refractivity contribution in [3.05, 3.63) is 65.2 Å². The van der Waals surface area contributed by atoms with Crippen molar-refractivity contribution in [2.75, 3.05) is 19.6 Å². The van der Waals surface area contributed by atoms with Crippen molar-refractivity contribution >= 4 is 5.91 Å². The summed E-state index contributed by atoms with van der Waals surface area (Å²) in [4.78, 5) is 18.1. The Hall–Kier alpha value is -2.41. The predicted octanol–water partition coefficient (Wildman–Crippen LogP) is 3.10. The summed E-state index contributed by atoms with van der Waals surface area (Å²) in [6, 6.07) is 15.8. The molecular weight excluding hydrogens is 440 g/mol. The van der Waals surface area contributed by atoms with E-state index >= 15 is 0 Å². The third-order valence-corrected chi connectivity index (χ3v) is 9.72. The van der Waals surface area contributed by atoms with Gasteiger partial charge in [-0.05, 0) is 81.5 Å². The van der Waals surface area contributed by atoms with E-state index < -0.39 is 5.60 Å². The van der Waals surface area contributed by atoms with Gasteiger partial charge >= 0.3 is 0 Å². The summed E-state index contributed by atoms with van der Waals surface area (Å²) in [6.45, 7) is 5.89. The number of hydrogen-bond acceptors (Lipinski definition) is 5. The van der Waals surface area contributed by atoms with Crippen LogP contribution in [0.5, 0.6) is 5.75 Å². The lowest BCUT2D eigenvalue weighted by Crippen LogP contribution is -2.74. The highest BCUT2D eigenvalue weighted by atomic mass is 16.5. The Labute approximate surface area is 206 Å². The van der Waals surface area contributed by atoms with Gasteiger partial charge in [0.25, 0.3) is 5.91 Å². The minimum absolute atomic E-state index is 0.00644. The molecule has 1 saturated carbocycles. The number of carbonyl (C=O) groups is 1. The molecule has 2 N–H and O–H groups in total. The number of ether oxygens (including phenoxy) is 1. The monoisotopic (exact) mass is 474 g/mol. The highest BCUT2D eigenvalue weighted by molar-refractivity contribution is 5.94. The van der Waals surface area contributed by atoms with Crippen LogP contribution in [-0.4, -0.2) is 74.9 Å². The summed E-state index contributed by atoms with van der Waals surface area (Å²) in [5.41, 5.74) is 1.91. The molecule has 3 aliphatic heterocycles. The first-order chi connectivity index (χ1) is 16.7. The number of phenols is 1. The van der Waals surface area contributed by atoms with Crippen molar-refractivity contribution in [3.8, 4) is 5.75 Å². The van der Waals surface area contributed by atoms with Crippen LogP contribution >= 0.6 is 0 Å². The van der Waals surface area contributed by atoms with E-state index in [-0.39, 0.29) is 41.0 Å². The molecule has 3 heterocycles. The smallest absolute Gasteiger partial charge is 0.254 e. The Morgan fingerprint density at radius 2 is 1.97 bits per heavy atom. The van der Waals surface area contributed by atoms with Gasteiger partial charge < -0.3 is 19.8 Å². The quantitative estimate of drug-likeness (QED) is 0.715. The number of likely N-dealkylation sites (tertiary alicyclic amines) is 2. The number of amides is 1. The number of nitrogens with zero attached hydrogens (tertiary/aromatic N) is 2. The van der Waals surface area contributed by atoms with Crippen LogP contribution < -0.4 is 0 Å². The summed E-state index contributed by atoms with van der Waals surface area (Å²) < 4.78 is 7.18. The Morgan fingerprint density at radius 3 is 2.74 bits per heavy atom. The summed E-state index contributed by atoms with van der Waals surface area (Å²) in [7, 11) is 0. The molecule has 4 bridgehead atoms. The van der Waals surface area contributed by atoms with Crippen molar-refractivity contribution in [3.63, 3.8) is 0 Å². The molecule has 5 aliphatic rings. The number of carbonyl (C=O) groups excluding carboxylic acids is 1. The van der Waals surface area contributed by atoms with Gasteiger partial charge in [0, 0.05) is 42.1 Å². The van der Waals surface area contributed by atoms with Crippen molar-refractivity contribution in [2.24, 2.45) is 5.92 Å². The van der Waals surface area contributed by atoms with E-state index in [1.54, 1.807) is 6.07 Å². The molecule has 2 aromatic carbocycles. The van der Waals surface area contributed by atoms with Gasteiger partial charge in [-0.25, -0.2) is 0 Å². The van der Waals surface area contributed by atoms with Crippen LogP contribution in [0.15, 0.2) is 48.5 Å². The number of benzene rings is 2. The number of fused-ring (bicyclic) bond motifs is 1. The Morgan fingerprint density at radius 1 is 1.17 bits per heavy atom. The predicted molar refractivity (Wildman–Crippen MR) is 131 cm³/mol. The van der Waals surface area contributed by atoms with Gasteiger partial charge in [-0.2, -0.15) is 0 Å². The molecule has 2 aliphatic carbocycles. The van der Waals surface area contributed by atoms with Crippen LogP contribution in [0.25, 0.3) is 0 Å². The maximum atomic E-state index is 13.6. The Bertz CT molecular complexity index is 1190. The van der Waals surface area contributed by atoms with E-state index in [0.717, 1.165) is 37.8 Å². The van der Waals surface area contributed by atoms with Gasteiger partial charge in [0.1, 0.15) is 5.75 Å². The molecule has 5 unspecified atom stereocenters. The molecule has 7 rings (SSSR count). The van der Waals surface area contributed by atoms with E-state index in [4.69, 9.17) is 4.74 Å². The lowest BCUT2D eigenvalue weighted by atomic mass is 9.46. The Kier molecular flexibility index (Phi) is 4.42. The number of β-amino-alcohol motifs (C(OH)–C–C–N with tert-alkyl or cyclic N) is 1. The molecule has 6 atom stereocenters. The summed E-state index contributed by atoms with van der Waals surface area (Å²) in [6.07, 6.45) is 3.60. The van der Waals surface area contributed by atoms with Crippen LogP contribution in [-0.2, 0) is 16.6 Å². The minimum atomic E-state index is -0.781. The fraction of sp³-hybridized carbons (Fsp3) is 0.552. The molecular formula is C29H34N2O4. The van der Waals surface area contributed by atoms with E-state index in [1.807, 2.05) is 50.2 Å². The first-order valence-electron chi connectivity index (χ1n) is 13.1. The number of aliphatic hydroxyl groups is 1. The molecule has 4 fully saturated rings. The first-order valence-corrected chi connectivity index (χ1v) is 13.1. The number of hydrogen-bond donors (Lipinski definition) is 2. The van der Waals surface area contributed by atoms with Gasteiger partial charge in [-0.1, -0.05) is 24.3 Å². The van der Waals surface area contributed by atoms with Gasteiger partial charge in [-0.15, -0.1) is 0 Å². The van der Waals surface area contributed by atoms with E-state index in [2.05, 4.69) is 15.9 Å². The normalized spacial score (nSPS) is 37.2. The highest BCUT2D eigenvalue weighted by Crippen LogP contribution is 2.69. The zero-order valence-corrected chi connectivity index (χ0v) is 20.5. The van der Waals surface area contributed by atoms with Crippen LogP contribution in [0.1, 0.15) is 54.6 Å². The van der Waals surface area contributed by atoms with Crippen molar-refractivity contribution < 1.29 is 19.7 Å². The fourth-order valence-electron chi connectivity index (χ4n) is 8.84. The maximum Gasteiger partial charge on any atom is 0.254 e. The lowest BCUT2D eigenvalue weighted by Gasteiger charge is -2.65. The number of phenolic OH excluding ortho intramolecular Hbond substituents is 1. The molecule has 0 radical (unpaired) electrons. The average molecular weight is 475 g/mol. The number of rotatable bonds is 3. The summed E-state index contributed by atoms with van der Waals surface area (Å²) >= 11 is 0. The second-order valence-corrected chi connectivity index (χ2v) is 12.1. The van der Waals surface area contributed by atoms with Gasteiger partial charge in [0.2, 0.25) is 0 Å². The zero-order valence-electron chi connectivity index (χ0n) is 20.5. The van der Waals surface area contributed by atoms with Crippen LogP contribution in [0.2, 0.25) is 0 Å². The maximum absolute atomic E-state index is 13.6. The van der Waals surface area contributed by atoms with E-state index in [0.29, 0.717) is 18.8 Å². The molecule has 1 amide bonds. The van der Waals surface area contributed by atoms with Crippen molar-refractivity contribution in [1.82, 2.24) is 9.80 Å². The van der Waals surface area contributed by atoms with Crippen molar-refractivity contribution in [1.29, 1.82) is 0 Å². The standard InChI is InChI=1S/C29H34N2O4/c1-27(2,34)17-30-13-12-28-21-15-20(32)9-8-19(21)14-24(30)29(28)11-10-22-25(28)23(35-29)16-31(22)26(33)18-6-4-3-5-7-18/h3-9,15,22-25,32,34H,10-14,16-17H2,1-2H3/t22?,23-,24?,25?,28?,29?/m1/s1. The molecule has 35 heavy (non-hydrogen) atoms. The topological polar surface area (TPSA) is 73.2 Å². The molecule has 3 saturated heterocycles. The van der Waals surface area contributed by atoms with Crippen molar-refractivity contribution in [2.45, 2.75) is 74.3 Å². The lowest BCUT2D eigenvalue weighted by molar-refractivity contribution is -0.177. The third kappa shape index (κ3) is 2.79. The average Bonchev–Trinajstić information content (AvgIpc) is 3.27. The van der Waals surface area contributed by atoms with Gasteiger partial charge in [-0.3, -0.25) is 9.69 Å². The molecule has 184 valence electrons. The fourth-order valence-corrected chi connectivity index (χ4v) is 8.84. The Balaban J connectivity index is 1.35. The molecule has 6 nitrogen and oxygen atoms in total. The van der Waals surface area contributed by atoms with Crippen LogP contribution in [0.3, 0.4) is 0 Å². The molecule has 2 aromatic rings. The molecule has 0 spiro atoms. The summed E-state index contributed by atoms with van der Waals surface area (Å²) in [5.74, 6) is 0.622. The largest absolute Gasteiger partial charge is 0.508 e. The zero-order chi connectivity index (χ0) is 24.2. The molecule has 0 aromatic heterocycles. The van der Waals surface area contributed by atoms with E-state index in [1.165, 1.54) is 11.1 Å². The molecule has 6 heteroatoms. The minimum Gasteiger partial charge on any atom is -0.508 e. The second-order valence-electron chi connectivity index (χ2n) is 12.1. The number of piperidine rings is 1. The number of aromatic hydroxyl groups is 1. The SMILES string of the molecule is CC(C)(O)CN1CCC23c4cc(O)ccc4CC1C21CCC2C3[C@@H](CN2C(=O)c2ccccc2)O1. The van der Waals surface area contributed by atoms with Gasteiger partial charge in [0.15, 0.2) is 0 Å². The van der Waals surface area contributed by atoms with E-state index in [9.17, 15) is 15.0 Å². The third-order valence-electron chi connectivity index (χ3n) is 9.72. The van der Waals surface area contributed by atoms with Crippen LogP contribution in [0, 0.1) is 5.92 Å². The second kappa shape index (κ2) is 7.09. The first kappa shape index (κ1) is 21.8. The van der Waals surface area contributed by atoms with Crippen LogP contribution in [0.4, 0.5) is 0 Å². The van der Waals surface area contributed by atoms with Gasteiger partial charge in [0.05, 0.1) is 17.3 Å². The highest BCUT2D eigenvalue weighted by Gasteiger charge is 2.78. The summed E-state index contributed by atoms with van der Waals surface area (Å²) in [5, 5.41) is 21.3.